The molecule has 3 heteroatoms. The van der Waals surface area contributed by atoms with Gasteiger partial charge in [0, 0.05) is 11.1 Å². The maximum Gasteiger partial charge on any atom is 0.126 e. The molecule has 0 spiro atoms. The lowest BCUT2D eigenvalue weighted by Crippen LogP contribution is -2.25. The number of nitrogens with one attached hydrogen (secondary N) is 1. The highest BCUT2D eigenvalue weighted by Crippen LogP contribution is 2.24. The molecule has 1 atom stereocenters. The highest BCUT2D eigenvalue weighted by molar-refractivity contribution is 6.30. The SMILES string of the molecule is CCCNC(Cc1cc(Cl)ccc1F)c1ccccc1C. The Bertz CT molecular complexity index is 598. The van der Waals surface area contributed by atoms with E-state index >= 15 is 0 Å². The van der Waals surface area contributed by atoms with Gasteiger partial charge in [-0.25, -0.2) is 4.39 Å². The Morgan fingerprint density at radius 2 is 1.95 bits per heavy atom. The summed E-state index contributed by atoms with van der Waals surface area (Å²) < 4.78 is 14.0. The van der Waals surface area contributed by atoms with Gasteiger partial charge in [-0.1, -0.05) is 42.8 Å². The number of hydrogen-bond acceptors (Lipinski definition) is 1. The Hall–Kier alpha value is -1.38. The van der Waals surface area contributed by atoms with Gasteiger partial charge in [0.15, 0.2) is 0 Å². The summed E-state index contributed by atoms with van der Waals surface area (Å²) in [5.41, 5.74) is 3.08. The van der Waals surface area contributed by atoms with Gasteiger partial charge in [0.25, 0.3) is 0 Å². The first kappa shape index (κ1) is 16.0. The van der Waals surface area contributed by atoms with Gasteiger partial charge >= 0.3 is 0 Å². The van der Waals surface area contributed by atoms with E-state index in [1.54, 1.807) is 12.1 Å². The second kappa shape index (κ2) is 7.58. The molecule has 1 nitrogen and oxygen atoms in total. The zero-order chi connectivity index (χ0) is 15.2. The van der Waals surface area contributed by atoms with Crippen LogP contribution in [0.2, 0.25) is 5.02 Å². The van der Waals surface area contributed by atoms with Crippen LogP contribution in [0.4, 0.5) is 4.39 Å². The summed E-state index contributed by atoms with van der Waals surface area (Å²) >= 11 is 5.99. The van der Waals surface area contributed by atoms with Crippen molar-refractivity contribution in [2.45, 2.75) is 32.7 Å². The molecule has 0 radical (unpaired) electrons. The van der Waals surface area contributed by atoms with Gasteiger partial charge in [0.05, 0.1) is 0 Å². The first-order valence-electron chi connectivity index (χ1n) is 7.34. The van der Waals surface area contributed by atoms with Crippen molar-refractivity contribution in [3.63, 3.8) is 0 Å². The van der Waals surface area contributed by atoms with Crippen molar-refractivity contribution in [3.8, 4) is 0 Å². The van der Waals surface area contributed by atoms with Crippen LogP contribution in [0.15, 0.2) is 42.5 Å². The fourth-order valence-electron chi connectivity index (χ4n) is 2.51. The van der Waals surface area contributed by atoms with Crippen molar-refractivity contribution in [3.05, 3.63) is 70.0 Å². The molecule has 0 saturated carbocycles. The average molecular weight is 306 g/mol. The number of aryl methyl sites for hydroxylation is 1. The number of halogens is 2. The van der Waals surface area contributed by atoms with Gasteiger partial charge in [-0.3, -0.25) is 0 Å². The summed E-state index contributed by atoms with van der Waals surface area (Å²) in [6.07, 6.45) is 1.64. The molecular weight excluding hydrogens is 285 g/mol. The number of benzene rings is 2. The van der Waals surface area contributed by atoms with Gasteiger partial charge in [-0.2, -0.15) is 0 Å². The first-order chi connectivity index (χ1) is 10.1. The van der Waals surface area contributed by atoms with Crippen molar-refractivity contribution in [2.75, 3.05) is 6.54 Å². The minimum Gasteiger partial charge on any atom is -0.310 e. The zero-order valence-corrected chi connectivity index (χ0v) is 13.3. The van der Waals surface area contributed by atoms with Gasteiger partial charge < -0.3 is 5.32 Å². The third-order valence-electron chi connectivity index (χ3n) is 3.64. The highest BCUT2D eigenvalue weighted by atomic mass is 35.5. The highest BCUT2D eigenvalue weighted by Gasteiger charge is 2.16. The third kappa shape index (κ3) is 4.29. The van der Waals surface area contributed by atoms with Gasteiger partial charge in [-0.15, -0.1) is 0 Å². The van der Waals surface area contributed by atoms with Gasteiger partial charge in [-0.05, 0) is 61.2 Å². The Labute approximate surface area is 131 Å². The van der Waals surface area contributed by atoms with Crippen LogP contribution in [0.25, 0.3) is 0 Å². The summed E-state index contributed by atoms with van der Waals surface area (Å²) in [6.45, 7) is 5.12. The molecule has 21 heavy (non-hydrogen) atoms. The van der Waals surface area contributed by atoms with Crippen LogP contribution in [0.1, 0.15) is 36.1 Å². The molecule has 2 aromatic carbocycles. The molecule has 0 saturated heterocycles. The normalized spacial score (nSPS) is 12.4. The van der Waals surface area contributed by atoms with E-state index in [4.69, 9.17) is 11.6 Å². The van der Waals surface area contributed by atoms with Crippen molar-refractivity contribution < 1.29 is 4.39 Å². The Balaban J connectivity index is 2.28. The maximum absolute atomic E-state index is 14.0. The lowest BCUT2D eigenvalue weighted by Gasteiger charge is -2.21. The summed E-state index contributed by atoms with van der Waals surface area (Å²) in [6, 6.07) is 13.1. The topological polar surface area (TPSA) is 12.0 Å². The van der Waals surface area contributed by atoms with E-state index in [1.807, 2.05) is 12.1 Å². The largest absolute Gasteiger partial charge is 0.310 e. The molecule has 0 aliphatic carbocycles. The molecule has 2 aromatic rings. The molecule has 0 bridgehead atoms. The van der Waals surface area contributed by atoms with Crippen molar-refractivity contribution >= 4 is 11.6 Å². The molecule has 0 aliphatic heterocycles. The van der Waals surface area contributed by atoms with Gasteiger partial charge in [0.2, 0.25) is 0 Å². The van der Waals surface area contributed by atoms with E-state index in [-0.39, 0.29) is 11.9 Å². The van der Waals surface area contributed by atoms with Crippen LogP contribution >= 0.6 is 11.6 Å². The van der Waals surface area contributed by atoms with E-state index in [0.29, 0.717) is 17.0 Å². The van der Waals surface area contributed by atoms with Crippen LogP contribution in [0.5, 0.6) is 0 Å². The smallest absolute Gasteiger partial charge is 0.126 e. The average Bonchev–Trinajstić information content (AvgIpc) is 2.48. The van der Waals surface area contributed by atoms with E-state index in [1.165, 1.54) is 17.2 Å². The third-order valence-corrected chi connectivity index (χ3v) is 3.87. The van der Waals surface area contributed by atoms with Crippen LogP contribution in [0, 0.1) is 12.7 Å². The molecule has 0 aromatic heterocycles. The summed E-state index contributed by atoms with van der Waals surface area (Å²) in [5.74, 6) is -0.198. The molecule has 0 aliphatic rings. The zero-order valence-electron chi connectivity index (χ0n) is 12.5. The predicted molar refractivity (Wildman–Crippen MR) is 87.3 cm³/mol. The van der Waals surface area contributed by atoms with Crippen molar-refractivity contribution in [1.29, 1.82) is 0 Å². The molecule has 0 fully saturated rings. The first-order valence-corrected chi connectivity index (χ1v) is 7.72. The van der Waals surface area contributed by atoms with Crippen molar-refractivity contribution in [1.82, 2.24) is 5.32 Å². The van der Waals surface area contributed by atoms with Crippen molar-refractivity contribution in [2.24, 2.45) is 0 Å². The molecular formula is C18H21ClFN. The molecule has 1 unspecified atom stereocenters. The summed E-state index contributed by atoms with van der Waals surface area (Å²) in [5, 5.41) is 4.09. The lowest BCUT2D eigenvalue weighted by molar-refractivity contribution is 0.511. The quantitative estimate of drug-likeness (QED) is 0.785. The Kier molecular flexibility index (Phi) is 5.77. The molecule has 2 rings (SSSR count). The van der Waals surface area contributed by atoms with E-state index in [2.05, 4.69) is 31.3 Å². The lowest BCUT2D eigenvalue weighted by atomic mass is 9.95. The van der Waals surface area contributed by atoms with Crippen LogP contribution in [-0.2, 0) is 6.42 Å². The molecule has 0 heterocycles. The summed E-state index contributed by atoms with van der Waals surface area (Å²) in [4.78, 5) is 0. The molecule has 1 N–H and O–H groups in total. The van der Waals surface area contributed by atoms with Crippen LogP contribution < -0.4 is 5.32 Å². The second-order valence-electron chi connectivity index (χ2n) is 5.30. The Morgan fingerprint density at radius 1 is 1.19 bits per heavy atom. The summed E-state index contributed by atoms with van der Waals surface area (Å²) in [7, 11) is 0. The number of rotatable bonds is 6. The minimum atomic E-state index is -0.198. The Morgan fingerprint density at radius 3 is 2.67 bits per heavy atom. The van der Waals surface area contributed by atoms with E-state index in [0.717, 1.165) is 13.0 Å². The fraction of sp³-hybridized carbons (Fsp3) is 0.333. The standard InChI is InChI=1S/C18H21ClFN/c1-3-10-21-18(16-7-5-4-6-13(16)2)12-14-11-15(19)8-9-17(14)20/h4-9,11,18,21H,3,10,12H2,1-2H3. The maximum atomic E-state index is 14.0. The minimum absolute atomic E-state index is 0.0964. The van der Waals surface area contributed by atoms with E-state index in [9.17, 15) is 4.39 Å². The molecule has 0 amide bonds. The predicted octanol–water partition coefficient (Wildman–Crippen LogP) is 5.07. The molecule has 112 valence electrons. The van der Waals surface area contributed by atoms with Gasteiger partial charge in [0.1, 0.15) is 5.82 Å². The monoisotopic (exact) mass is 305 g/mol. The fourth-order valence-corrected chi connectivity index (χ4v) is 2.70. The number of hydrogen-bond donors (Lipinski definition) is 1. The van der Waals surface area contributed by atoms with Crippen LogP contribution in [-0.4, -0.2) is 6.54 Å². The van der Waals surface area contributed by atoms with E-state index < -0.39 is 0 Å². The van der Waals surface area contributed by atoms with Crippen LogP contribution in [0.3, 0.4) is 0 Å². The second-order valence-corrected chi connectivity index (χ2v) is 5.74.